The summed E-state index contributed by atoms with van der Waals surface area (Å²) in [6, 6.07) is 18.5. The van der Waals surface area contributed by atoms with Crippen LogP contribution in [-0.4, -0.2) is 43.2 Å². The van der Waals surface area contributed by atoms with Gasteiger partial charge in [0.15, 0.2) is 4.87 Å². The predicted octanol–water partition coefficient (Wildman–Crippen LogP) is 4.43. The number of halogens is 1. The maximum absolute atomic E-state index is 14.1. The minimum atomic E-state index is -1.20. The maximum atomic E-state index is 14.1. The molecule has 6 nitrogen and oxygen atoms in total. The lowest BCUT2D eigenvalue weighted by Gasteiger charge is -2.33. The number of carbonyl (C=O) groups is 2. The molecule has 3 aromatic rings. The van der Waals surface area contributed by atoms with Crippen molar-refractivity contribution >= 4 is 29.3 Å². The van der Waals surface area contributed by atoms with Crippen LogP contribution in [0.1, 0.15) is 21.5 Å². The first-order valence-electron chi connectivity index (χ1n) is 10.8. The van der Waals surface area contributed by atoms with Crippen LogP contribution in [0.4, 0.5) is 10.1 Å². The van der Waals surface area contributed by atoms with Gasteiger partial charge >= 0.3 is 0 Å². The number of amides is 2. The average molecular weight is 479 g/mol. The zero-order valence-corrected chi connectivity index (χ0v) is 19.6. The van der Waals surface area contributed by atoms with Crippen molar-refractivity contribution in [2.75, 3.05) is 31.4 Å². The fraction of sp³-hybridized carbons (Fsp3) is 0.231. The monoisotopic (exact) mass is 478 g/mol. The highest BCUT2D eigenvalue weighted by Crippen LogP contribution is 2.55. The highest BCUT2D eigenvalue weighted by atomic mass is 32.2. The van der Waals surface area contributed by atoms with E-state index in [0.29, 0.717) is 35.0 Å². The Hall–Kier alpha value is -3.52. The molecule has 8 heteroatoms. The van der Waals surface area contributed by atoms with E-state index in [9.17, 15) is 14.0 Å². The lowest BCUT2D eigenvalue weighted by atomic mass is 10.0. The normalized spacial score (nSPS) is 19.0. The Bertz CT molecular complexity index is 1270. The minimum Gasteiger partial charge on any atom is -0.497 e. The first-order chi connectivity index (χ1) is 16.5. The number of thioether (sulfide) groups is 1. The summed E-state index contributed by atoms with van der Waals surface area (Å²) >= 11 is 1.45. The van der Waals surface area contributed by atoms with Gasteiger partial charge in [0.1, 0.15) is 17.3 Å². The van der Waals surface area contributed by atoms with Crippen LogP contribution in [0.15, 0.2) is 66.7 Å². The van der Waals surface area contributed by atoms with Crippen molar-refractivity contribution in [3.05, 3.63) is 89.2 Å². The second-order valence-electron chi connectivity index (χ2n) is 8.08. The molecular formula is C26H23FN2O4S. The fourth-order valence-electron chi connectivity index (χ4n) is 4.56. The molecule has 2 amide bonds. The van der Waals surface area contributed by atoms with Gasteiger partial charge in [0, 0.05) is 23.4 Å². The van der Waals surface area contributed by atoms with E-state index in [1.807, 2.05) is 12.1 Å². The van der Waals surface area contributed by atoms with E-state index in [0.717, 1.165) is 11.1 Å². The van der Waals surface area contributed by atoms with Crippen molar-refractivity contribution in [3.63, 3.8) is 0 Å². The smallest absolute Gasteiger partial charge is 0.268 e. The zero-order valence-electron chi connectivity index (χ0n) is 18.8. The summed E-state index contributed by atoms with van der Waals surface area (Å²) in [5.74, 6) is 1.02. The Labute approximate surface area is 201 Å². The standard InChI is InChI=1S/C26H23FN2O4S/c1-32-20-5-3-4-18(14-20)24(30)29-12-13-34-26(29)22-15-21(33-2)10-11-23(22)28(25(26)31)16-17-6-8-19(27)9-7-17/h3-11,14-15H,12-13,16H2,1-2H3/t26-/m1/s1. The molecule has 0 radical (unpaired) electrons. The van der Waals surface area contributed by atoms with Crippen LogP contribution in [-0.2, 0) is 16.2 Å². The number of hydrogen-bond acceptors (Lipinski definition) is 5. The van der Waals surface area contributed by atoms with Crippen molar-refractivity contribution in [2.24, 2.45) is 0 Å². The molecule has 0 saturated carbocycles. The molecule has 0 bridgehead atoms. The Balaban J connectivity index is 1.59. The number of anilines is 1. The zero-order chi connectivity index (χ0) is 23.9. The van der Waals surface area contributed by atoms with Crippen LogP contribution < -0.4 is 14.4 Å². The molecule has 2 aliphatic heterocycles. The fourth-order valence-corrected chi connectivity index (χ4v) is 6.01. The lowest BCUT2D eigenvalue weighted by Crippen LogP contribution is -2.50. The summed E-state index contributed by atoms with van der Waals surface area (Å²) in [4.78, 5) is 29.9. The molecule has 0 aromatic heterocycles. The van der Waals surface area contributed by atoms with E-state index in [1.165, 1.54) is 23.9 Å². The molecule has 34 heavy (non-hydrogen) atoms. The number of fused-ring (bicyclic) bond motifs is 2. The lowest BCUT2D eigenvalue weighted by molar-refractivity contribution is -0.123. The molecule has 2 heterocycles. The minimum absolute atomic E-state index is 0.196. The van der Waals surface area contributed by atoms with Crippen LogP contribution in [0.5, 0.6) is 11.5 Å². The van der Waals surface area contributed by atoms with Gasteiger partial charge in [-0.2, -0.15) is 0 Å². The summed E-state index contributed by atoms with van der Waals surface area (Å²) in [6.07, 6.45) is 0. The maximum Gasteiger partial charge on any atom is 0.268 e. The van der Waals surface area contributed by atoms with E-state index >= 15 is 0 Å². The third-order valence-corrected chi connectivity index (χ3v) is 7.64. The molecule has 1 saturated heterocycles. The molecule has 3 aromatic carbocycles. The number of hydrogen-bond donors (Lipinski definition) is 0. The molecule has 0 N–H and O–H groups in total. The Morgan fingerprint density at radius 2 is 1.76 bits per heavy atom. The molecular weight excluding hydrogens is 455 g/mol. The van der Waals surface area contributed by atoms with Crippen molar-refractivity contribution < 1.29 is 23.5 Å². The van der Waals surface area contributed by atoms with Gasteiger partial charge in [0.2, 0.25) is 0 Å². The van der Waals surface area contributed by atoms with Crippen LogP contribution in [0.2, 0.25) is 0 Å². The first kappa shape index (κ1) is 22.3. The highest BCUT2D eigenvalue weighted by molar-refractivity contribution is 8.01. The molecule has 1 fully saturated rings. The van der Waals surface area contributed by atoms with Gasteiger partial charge in [-0.3, -0.25) is 9.59 Å². The second-order valence-corrected chi connectivity index (χ2v) is 9.37. The third kappa shape index (κ3) is 3.49. The average Bonchev–Trinajstić information content (AvgIpc) is 3.41. The first-order valence-corrected chi connectivity index (χ1v) is 11.8. The summed E-state index contributed by atoms with van der Waals surface area (Å²) in [5, 5.41) is 0. The molecule has 5 rings (SSSR count). The van der Waals surface area contributed by atoms with E-state index in [1.54, 1.807) is 66.5 Å². The molecule has 1 spiro atoms. The molecule has 1 atom stereocenters. The number of benzene rings is 3. The van der Waals surface area contributed by atoms with Crippen molar-refractivity contribution in [2.45, 2.75) is 11.4 Å². The Morgan fingerprint density at radius 3 is 2.50 bits per heavy atom. The number of methoxy groups -OCH3 is 2. The van der Waals surface area contributed by atoms with E-state index < -0.39 is 4.87 Å². The molecule has 0 aliphatic carbocycles. The van der Waals surface area contributed by atoms with E-state index in [4.69, 9.17) is 9.47 Å². The SMILES string of the molecule is COc1cccc(C(=O)N2CCS[C@]23C(=O)N(Cc2ccc(F)cc2)c2ccc(OC)cc23)c1. The molecule has 0 unspecified atom stereocenters. The van der Waals surface area contributed by atoms with Gasteiger partial charge in [-0.25, -0.2) is 4.39 Å². The summed E-state index contributed by atoms with van der Waals surface area (Å²) < 4.78 is 24.2. The van der Waals surface area contributed by atoms with Crippen molar-refractivity contribution in [3.8, 4) is 11.5 Å². The summed E-state index contributed by atoms with van der Waals surface area (Å²) in [6.45, 7) is 0.690. The summed E-state index contributed by atoms with van der Waals surface area (Å²) in [7, 11) is 3.12. The van der Waals surface area contributed by atoms with E-state index in [2.05, 4.69) is 0 Å². The van der Waals surface area contributed by atoms with Crippen LogP contribution in [0.3, 0.4) is 0 Å². The third-order valence-electron chi connectivity index (χ3n) is 6.22. The largest absolute Gasteiger partial charge is 0.497 e. The Kier molecular flexibility index (Phi) is 5.69. The molecule has 2 aliphatic rings. The predicted molar refractivity (Wildman–Crippen MR) is 129 cm³/mol. The van der Waals surface area contributed by atoms with Gasteiger partial charge in [-0.05, 0) is 54.1 Å². The van der Waals surface area contributed by atoms with Crippen molar-refractivity contribution in [1.29, 1.82) is 0 Å². The number of rotatable bonds is 5. The summed E-state index contributed by atoms with van der Waals surface area (Å²) in [5.41, 5.74) is 2.68. The quantitative estimate of drug-likeness (QED) is 0.543. The van der Waals surface area contributed by atoms with Crippen molar-refractivity contribution in [1.82, 2.24) is 4.90 Å². The second kappa shape index (κ2) is 8.68. The van der Waals surface area contributed by atoms with E-state index in [-0.39, 0.29) is 24.2 Å². The van der Waals surface area contributed by atoms with Gasteiger partial charge in [0.05, 0.1) is 26.5 Å². The topological polar surface area (TPSA) is 59.1 Å². The highest BCUT2D eigenvalue weighted by Gasteiger charge is 2.59. The molecule has 174 valence electrons. The van der Waals surface area contributed by atoms with Gasteiger partial charge < -0.3 is 19.3 Å². The van der Waals surface area contributed by atoms with Crippen LogP contribution in [0, 0.1) is 5.82 Å². The van der Waals surface area contributed by atoms with Gasteiger partial charge in [-0.15, -0.1) is 11.8 Å². The van der Waals surface area contributed by atoms with Crippen LogP contribution >= 0.6 is 11.8 Å². The Morgan fingerprint density at radius 1 is 1.03 bits per heavy atom. The number of nitrogens with zero attached hydrogens (tertiary/aromatic N) is 2. The number of ether oxygens (including phenoxy) is 2. The van der Waals surface area contributed by atoms with Gasteiger partial charge in [-0.1, -0.05) is 18.2 Å². The van der Waals surface area contributed by atoms with Gasteiger partial charge in [0.25, 0.3) is 11.8 Å². The van der Waals surface area contributed by atoms with Crippen LogP contribution in [0.25, 0.3) is 0 Å². The number of carbonyl (C=O) groups excluding carboxylic acids is 2.